The van der Waals surface area contributed by atoms with Crippen molar-refractivity contribution in [1.29, 1.82) is 0 Å². The number of thioether (sulfide) groups is 1. The average molecular weight is 353 g/mol. The van der Waals surface area contributed by atoms with Gasteiger partial charge in [-0.1, -0.05) is 0 Å². The van der Waals surface area contributed by atoms with Crippen LogP contribution in [-0.2, 0) is 4.79 Å². The normalized spacial score (nSPS) is 11.7. The lowest BCUT2D eigenvalue weighted by Crippen LogP contribution is -2.23. The van der Waals surface area contributed by atoms with E-state index >= 15 is 0 Å². The number of anilines is 1. The summed E-state index contributed by atoms with van der Waals surface area (Å²) in [5.41, 5.74) is -0.0545. The Morgan fingerprint density at radius 3 is 2.42 bits per heavy atom. The minimum absolute atomic E-state index is 0.0545. The second kappa shape index (κ2) is 8.01. The van der Waals surface area contributed by atoms with Crippen molar-refractivity contribution in [3.8, 4) is 11.5 Å². The molecule has 2 aromatic rings. The Kier molecular flexibility index (Phi) is 6.03. The van der Waals surface area contributed by atoms with E-state index in [1.54, 1.807) is 25.1 Å². The van der Waals surface area contributed by atoms with E-state index in [1.807, 2.05) is 0 Å². The third-order valence-electron chi connectivity index (χ3n) is 3.23. The lowest BCUT2D eigenvalue weighted by molar-refractivity contribution is -0.115. The fourth-order valence-corrected chi connectivity index (χ4v) is 2.87. The van der Waals surface area contributed by atoms with E-state index in [9.17, 15) is 13.6 Å². The van der Waals surface area contributed by atoms with Crippen LogP contribution >= 0.6 is 11.8 Å². The van der Waals surface area contributed by atoms with Gasteiger partial charge in [0.05, 0.1) is 25.2 Å². The third kappa shape index (κ3) is 4.38. The number of rotatable bonds is 6. The van der Waals surface area contributed by atoms with Gasteiger partial charge in [0, 0.05) is 11.0 Å². The minimum Gasteiger partial charge on any atom is -0.493 e. The molecule has 0 unspecified atom stereocenters. The Bertz CT molecular complexity index is 740. The summed E-state index contributed by atoms with van der Waals surface area (Å²) in [4.78, 5) is 13.0. The van der Waals surface area contributed by atoms with E-state index in [4.69, 9.17) is 9.47 Å². The Morgan fingerprint density at radius 1 is 1.08 bits per heavy atom. The molecule has 1 N–H and O–H groups in total. The second-order valence-electron chi connectivity index (χ2n) is 4.89. The van der Waals surface area contributed by atoms with E-state index in [0.29, 0.717) is 11.5 Å². The summed E-state index contributed by atoms with van der Waals surface area (Å²) in [7, 11) is 3.07. The number of hydrogen-bond acceptors (Lipinski definition) is 4. The zero-order valence-electron chi connectivity index (χ0n) is 13.4. The van der Waals surface area contributed by atoms with Gasteiger partial charge in [-0.3, -0.25) is 4.79 Å². The summed E-state index contributed by atoms with van der Waals surface area (Å²) < 4.78 is 36.9. The van der Waals surface area contributed by atoms with Crippen LogP contribution in [0.25, 0.3) is 0 Å². The molecule has 1 amide bonds. The van der Waals surface area contributed by atoms with Crippen molar-refractivity contribution in [3.63, 3.8) is 0 Å². The van der Waals surface area contributed by atoms with Crippen molar-refractivity contribution in [2.75, 3.05) is 19.5 Å². The number of benzene rings is 2. The van der Waals surface area contributed by atoms with E-state index in [2.05, 4.69) is 5.32 Å². The summed E-state index contributed by atoms with van der Waals surface area (Å²) in [6.45, 7) is 1.69. The van der Waals surface area contributed by atoms with Crippen LogP contribution in [0, 0.1) is 11.6 Å². The zero-order valence-corrected chi connectivity index (χ0v) is 14.2. The summed E-state index contributed by atoms with van der Waals surface area (Å²) in [6, 6.07) is 8.30. The zero-order chi connectivity index (χ0) is 17.7. The van der Waals surface area contributed by atoms with Crippen LogP contribution in [0.5, 0.6) is 11.5 Å². The van der Waals surface area contributed by atoms with E-state index in [1.165, 1.54) is 32.0 Å². The maximum Gasteiger partial charge on any atom is 0.237 e. The Hall–Kier alpha value is -2.28. The van der Waals surface area contributed by atoms with Crippen LogP contribution in [0.4, 0.5) is 14.5 Å². The van der Waals surface area contributed by atoms with Gasteiger partial charge in [-0.2, -0.15) is 0 Å². The van der Waals surface area contributed by atoms with Gasteiger partial charge in [0.25, 0.3) is 0 Å². The number of ether oxygens (including phenoxy) is 2. The lowest BCUT2D eigenvalue weighted by Gasteiger charge is -2.14. The monoisotopic (exact) mass is 353 g/mol. The highest BCUT2D eigenvalue weighted by Gasteiger charge is 2.17. The largest absolute Gasteiger partial charge is 0.493 e. The van der Waals surface area contributed by atoms with Gasteiger partial charge in [0.1, 0.15) is 11.6 Å². The van der Waals surface area contributed by atoms with E-state index < -0.39 is 16.9 Å². The van der Waals surface area contributed by atoms with Crippen molar-refractivity contribution in [2.45, 2.75) is 17.1 Å². The smallest absolute Gasteiger partial charge is 0.237 e. The average Bonchev–Trinajstić information content (AvgIpc) is 2.57. The number of hydrogen-bond donors (Lipinski definition) is 1. The number of carbonyl (C=O) groups excluding carboxylic acids is 1. The molecule has 0 aliphatic heterocycles. The molecule has 0 aliphatic carbocycles. The standard InChI is InChI=1S/C17H17F2NO3S/c1-10(17(21)20-14-6-4-11(18)8-13(14)19)24-12-5-7-15(22-2)16(9-12)23-3/h4-10H,1-3H3,(H,20,21)/t10-/m0/s1. The molecule has 0 radical (unpaired) electrons. The summed E-state index contributed by atoms with van der Waals surface area (Å²) in [5.74, 6) is -0.753. The molecule has 4 nitrogen and oxygen atoms in total. The quantitative estimate of drug-likeness (QED) is 0.794. The Labute approximate surface area is 143 Å². The van der Waals surface area contributed by atoms with Crippen LogP contribution in [0.1, 0.15) is 6.92 Å². The van der Waals surface area contributed by atoms with Gasteiger partial charge in [-0.25, -0.2) is 8.78 Å². The number of halogens is 2. The summed E-state index contributed by atoms with van der Waals surface area (Å²) >= 11 is 1.28. The van der Waals surface area contributed by atoms with E-state index in [-0.39, 0.29) is 11.6 Å². The van der Waals surface area contributed by atoms with Crippen LogP contribution < -0.4 is 14.8 Å². The predicted octanol–water partition coefficient (Wildman–Crippen LogP) is 4.10. The summed E-state index contributed by atoms with van der Waals surface area (Å²) in [6.07, 6.45) is 0. The first kappa shape index (κ1) is 18.1. The number of carbonyl (C=O) groups is 1. The van der Waals surface area contributed by atoms with Gasteiger partial charge < -0.3 is 14.8 Å². The molecule has 0 bridgehead atoms. The van der Waals surface area contributed by atoms with Crippen LogP contribution in [0.15, 0.2) is 41.3 Å². The molecule has 0 fully saturated rings. The molecule has 0 saturated carbocycles. The van der Waals surface area contributed by atoms with Crippen LogP contribution in [0.3, 0.4) is 0 Å². The highest BCUT2D eigenvalue weighted by Crippen LogP contribution is 2.33. The molecule has 0 saturated heterocycles. The van der Waals surface area contributed by atoms with E-state index in [0.717, 1.165) is 17.0 Å². The highest BCUT2D eigenvalue weighted by atomic mass is 32.2. The number of nitrogens with one attached hydrogen (secondary N) is 1. The molecule has 2 rings (SSSR count). The molecular weight excluding hydrogens is 336 g/mol. The molecule has 128 valence electrons. The van der Waals surface area contributed by atoms with Crippen LogP contribution in [-0.4, -0.2) is 25.4 Å². The molecule has 1 atom stereocenters. The van der Waals surface area contributed by atoms with Crippen molar-refractivity contribution < 1.29 is 23.0 Å². The van der Waals surface area contributed by atoms with Crippen molar-refractivity contribution in [1.82, 2.24) is 0 Å². The van der Waals surface area contributed by atoms with Gasteiger partial charge in [-0.05, 0) is 37.3 Å². The predicted molar refractivity (Wildman–Crippen MR) is 89.9 cm³/mol. The molecule has 0 spiro atoms. The molecule has 0 heterocycles. The van der Waals surface area contributed by atoms with Crippen LogP contribution in [0.2, 0.25) is 0 Å². The fourth-order valence-electron chi connectivity index (χ4n) is 1.97. The maximum atomic E-state index is 13.6. The second-order valence-corrected chi connectivity index (χ2v) is 6.30. The van der Waals surface area contributed by atoms with Gasteiger partial charge >= 0.3 is 0 Å². The fraction of sp³-hybridized carbons (Fsp3) is 0.235. The Morgan fingerprint density at radius 2 is 1.79 bits per heavy atom. The van der Waals surface area contributed by atoms with Crippen molar-refractivity contribution >= 4 is 23.4 Å². The first-order valence-corrected chi connectivity index (χ1v) is 7.97. The molecule has 0 aliphatic rings. The molecule has 24 heavy (non-hydrogen) atoms. The molecule has 7 heteroatoms. The van der Waals surface area contributed by atoms with Gasteiger partial charge in [-0.15, -0.1) is 11.8 Å². The van der Waals surface area contributed by atoms with Crippen molar-refractivity contribution in [2.24, 2.45) is 0 Å². The molecule has 0 aromatic heterocycles. The first-order chi connectivity index (χ1) is 11.4. The minimum atomic E-state index is -0.813. The number of methoxy groups -OCH3 is 2. The first-order valence-electron chi connectivity index (χ1n) is 7.09. The maximum absolute atomic E-state index is 13.6. The lowest BCUT2D eigenvalue weighted by atomic mass is 10.3. The highest BCUT2D eigenvalue weighted by molar-refractivity contribution is 8.00. The number of amides is 1. The van der Waals surface area contributed by atoms with Gasteiger partial charge in [0.15, 0.2) is 11.5 Å². The molecular formula is C17H17F2NO3S. The molecule has 2 aromatic carbocycles. The third-order valence-corrected chi connectivity index (χ3v) is 4.32. The topological polar surface area (TPSA) is 47.6 Å². The Balaban J connectivity index is 2.06. The van der Waals surface area contributed by atoms with Crippen molar-refractivity contribution in [3.05, 3.63) is 48.0 Å². The SMILES string of the molecule is COc1ccc(S[C@@H](C)C(=O)Nc2ccc(F)cc2F)cc1OC. The summed E-state index contributed by atoms with van der Waals surface area (Å²) in [5, 5.41) is 1.96. The van der Waals surface area contributed by atoms with Gasteiger partial charge in [0.2, 0.25) is 5.91 Å².